The first-order valence-electron chi connectivity index (χ1n) is 6.87. The minimum absolute atomic E-state index is 0.104. The number of rotatable bonds is 6. The van der Waals surface area contributed by atoms with Crippen LogP contribution in [0.3, 0.4) is 0 Å². The zero-order valence-electron chi connectivity index (χ0n) is 12.5. The second-order valence-electron chi connectivity index (χ2n) is 5.89. The lowest BCUT2D eigenvalue weighted by Gasteiger charge is -2.41. The van der Waals surface area contributed by atoms with Crippen molar-refractivity contribution in [1.29, 1.82) is 0 Å². The average molecular weight is 414 g/mol. The Balaban J connectivity index is 3.35. The van der Waals surface area contributed by atoms with E-state index in [0.717, 1.165) is 0 Å². The van der Waals surface area contributed by atoms with Gasteiger partial charge in [-0.2, -0.15) is 57.1 Å². The molecule has 0 aromatic rings. The lowest BCUT2D eigenvalue weighted by atomic mass is 9.86. The molecular weight excluding hydrogens is 403 g/mol. The zero-order valence-corrected chi connectivity index (χ0v) is 12.5. The van der Waals surface area contributed by atoms with Gasteiger partial charge in [0.15, 0.2) is 0 Å². The van der Waals surface area contributed by atoms with Crippen molar-refractivity contribution in [1.82, 2.24) is 0 Å². The predicted molar refractivity (Wildman–Crippen MR) is 61.3 cm³/mol. The smallest absolute Gasteiger partial charge is 0.199 e. The van der Waals surface area contributed by atoms with Gasteiger partial charge in [-0.1, -0.05) is 13.3 Å². The summed E-state index contributed by atoms with van der Waals surface area (Å²) in [4.78, 5) is 0. The highest BCUT2D eigenvalue weighted by atomic mass is 19.4. The summed E-state index contributed by atoms with van der Waals surface area (Å²) in [6, 6.07) is 0. The number of alkyl halides is 13. The van der Waals surface area contributed by atoms with Crippen LogP contribution in [0.1, 0.15) is 19.3 Å². The van der Waals surface area contributed by atoms with E-state index in [2.05, 4.69) is 6.92 Å². The monoisotopic (exact) mass is 414 g/mol. The fourth-order valence-electron chi connectivity index (χ4n) is 2.45. The van der Waals surface area contributed by atoms with Crippen molar-refractivity contribution in [2.24, 2.45) is 11.8 Å². The molecule has 0 spiro atoms. The molecule has 2 unspecified atom stereocenters. The van der Waals surface area contributed by atoms with E-state index in [1.807, 2.05) is 0 Å². The van der Waals surface area contributed by atoms with Gasteiger partial charge in [0, 0.05) is 5.92 Å². The van der Waals surface area contributed by atoms with Crippen LogP contribution in [0.5, 0.6) is 0 Å². The summed E-state index contributed by atoms with van der Waals surface area (Å²) >= 11 is 0. The molecule has 1 saturated carbocycles. The Hall–Kier alpha value is -0.910. The Morgan fingerprint density at radius 1 is 0.692 bits per heavy atom. The van der Waals surface area contributed by atoms with Gasteiger partial charge in [0.25, 0.3) is 0 Å². The molecule has 0 N–H and O–H groups in total. The van der Waals surface area contributed by atoms with Crippen LogP contribution in [0.25, 0.3) is 0 Å². The third-order valence-corrected chi connectivity index (χ3v) is 4.17. The topological polar surface area (TPSA) is 0 Å². The van der Waals surface area contributed by atoms with Crippen LogP contribution >= 0.6 is 0 Å². The Bertz CT molecular complexity index is 505. The van der Waals surface area contributed by atoms with Gasteiger partial charge in [0.2, 0.25) is 0 Å². The van der Waals surface area contributed by atoms with E-state index in [4.69, 9.17) is 0 Å². The third-order valence-electron chi connectivity index (χ3n) is 4.17. The molecule has 1 rings (SSSR count). The van der Waals surface area contributed by atoms with Crippen molar-refractivity contribution in [3.8, 4) is 0 Å². The SMILES string of the molecule is [CH2]CC1C[CH]C(C(F)(F)C(F)(F)C(F)(F)C(F)(F)C(F)(F)C(F)(F)F)C1. The summed E-state index contributed by atoms with van der Waals surface area (Å²) in [6.45, 7) is 3.25. The van der Waals surface area contributed by atoms with Crippen LogP contribution in [-0.2, 0) is 0 Å². The molecule has 26 heavy (non-hydrogen) atoms. The molecule has 13 heteroatoms. The van der Waals surface area contributed by atoms with E-state index in [1.165, 1.54) is 0 Å². The van der Waals surface area contributed by atoms with Gasteiger partial charge in [-0.15, -0.1) is 0 Å². The van der Waals surface area contributed by atoms with E-state index in [9.17, 15) is 57.1 Å². The Morgan fingerprint density at radius 3 is 1.46 bits per heavy atom. The van der Waals surface area contributed by atoms with Gasteiger partial charge in [0.05, 0.1) is 0 Å². The fourth-order valence-corrected chi connectivity index (χ4v) is 2.45. The van der Waals surface area contributed by atoms with Crippen molar-refractivity contribution in [3.63, 3.8) is 0 Å². The molecule has 1 fully saturated rings. The van der Waals surface area contributed by atoms with Gasteiger partial charge >= 0.3 is 35.8 Å². The molecule has 154 valence electrons. The van der Waals surface area contributed by atoms with Gasteiger partial charge in [-0.25, -0.2) is 0 Å². The second kappa shape index (κ2) is 6.32. The third kappa shape index (κ3) is 3.02. The normalized spacial score (nSPS) is 24.2. The van der Waals surface area contributed by atoms with Crippen LogP contribution in [0, 0.1) is 25.2 Å². The van der Waals surface area contributed by atoms with E-state index in [1.54, 1.807) is 0 Å². The first-order valence-corrected chi connectivity index (χ1v) is 6.87. The van der Waals surface area contributed by atoms with Crippen LogP contribution in [-0.4, -0.2) is 35.8 Å². The van der Waals surface area contributed by atoms with Crippen LogP contribution in [0.15, 0.2) is 0 Å². The number of hydrogen-bond acceptors (Lipinski definition) is 0. The molecule has 0 heterocycles. The van der Waals surface area contributed by atoms with E-state index < -0.39 is 54.0 Å². The van der Waals surface area contributed by atoms with Crippen LogP contribution in [0.2, 0.25) is 0 Å². The van der Waals surface area contributed by atoms with Crippen molar-refractivity contribution >= 4 is 0 Å². The molecular formula is C13H11F13. The maximum Gasteiger partial charge on any atom is 0.460 e. The summed E-state index contributed by atoms with van der Waals surface area (Å²) in [5, 5.41) is 0. The summed E-state index contributed by atoms with van der Waals surface area (Å²) in [6.07, 6.45) is -8.30. The molecule has 1 aliphatic carbocycles. The lowest BCUT2D eigenvalue weighted by Crippen LogP contribution is -2.70. The van der Waals surface area contributed by atoms with Crippen molar-refractivity contribution in [2.45, 2.75) is 55.1 Å². The summed E-state index contributed by atoms with van der Waals surface area (Å²) in [5.74, 6) is -40.0. The van der Waals surface area contributed by atoms with Crippen LogP contribution < -0.4 is 0 Å². The highest BCUT2D eigenvalue weighted by Gasteiger charge is 2.91. The number of hydrogen-bond donors (Lipinski definition) is 0. The molecule has 1 aliphatic rings. The summed E-state index contributed by atoms with van der Waals surface area (Å²) in [5.41, 5.74) is 0. The minimum Gasteiger partial charge on any atom is -0.199 e. The maximum absolute atomic E-state index is 13.8. The largest absolute Gasteiger partial charge is 0.460 e. The highest BCUT2D eigenvalue weighted by Crippen LogP contribution is 2.62. The maximum atomic E-state index is 13.8. The quantitative estimate of drug-likeness (QED) is 0.456. The molecule has 0 aromatic carbocycles. The Morgan fingerprint density at radius 2 is 1.12 bits per heavy atom. The molecule has 0 bridgehead atoms. The summed E-state index contributed by atoms with van der Waals surface area (Å²) < 4.78 is 169. The van der Waals surface area contributed by atoms with E-state index >= 15 is 0 Å². The fraction of sp³-hybridized carbons (Fsp3) is 0.846. The first-order chi connectivity index (χ1) is 11.3. The molecule has 0 amide bonds. The van der Waals surface area contributed by atoms with Crippen molar-refractivity contribution in [3.05, 3.63) is 13.3 Å². The van der Waals surface area contributed by atoms with Gasteiger partial charge in [-0.3, -0.25) is 0 Å². The summed E-state index contributed by atoms with van der Waals surface area (Å²) in [7, 11) is 0. The molecule has 0 saturated heterocycles. The molecule has 2 atom stereocenters. The highest BCUT2D eigenvalue weighted by molar-refractivity contribution is 5.13. The van der Waals surface area contributed by atoms with Gasteiger partial charge in [-0.05, 0) is 25.2 Å². The minimum atomic E-state index is -7.84. The van der Waals surface area contributed by atoms with E-state index in [-0.39, 0.29) is 12.8 Å². The van der Waals surface area contributed by atoms with Crippen LogP contribution in [0.4, 0.5) is 57.1 Å². The molecule has 2 radical (unpaired) electrons. The second-order valence-corrected chi connectivity index (χ2v) is 5.89. The Labute approximate surface area is 138 Å². The number of halogens is 13. The predicted octanol–water partition coefficient (Wildman–Crippen LogP) is 6.18. The van der Waals surface area contributed by atoms with E-state index in [0.29, 0.717) is 6.42 Å². The molecule has 0 nitrogen and oxygen atoms in total. The average Bonchev–Trinajstić information content (AvgIpc) is 2.94. The standard InChI is InChI=1S/C13H11F13/c1-2-6-3-4-7(5-6)8(14,15)9(16,17)10(18,19)11(20,21)12(22,23)13(24,25)26/h4,6-7H,1-3,5H2. The van der Waals surface area contributed by atoms with Crippen molar-refractivity contribution < 1.29 is 57.1 Å². The van der Waals surface area contributed by atoms with Gasteiger partial charge < -0.3 is 0 Å². The lowest BCUT2D eigenvalue weighted by molar-refractivity contribution is -0.442. The molecule has 0 aliphatic heterocycles. The van der Waals surface area contributed by atoms with Gasteiger partial charge in [0.1, 0.15) is 0 Å². The van der Waals surface area contributed by atoms with Crippen molar-refractivity contribution in [2.75, 3.05) is 0 Å². The zero-order chi connectivity index (χ0) is 21.0. The first kappa shape index (κ1) is 23.1. The Kier molecular flexibility index (Phi) is 5.62. The molecule has 0 aromatic heterocycles.